The number of aromatic amines is 1. The van der Waals surface area contributed by atoms with Crippen molar-refractivity contribution in [3.63, 3.8) is 0 Å². The topological polar surface area (TPSA) is 66.0 Å². The molecular weight excluding hydrogens is 152 g/mol. The van der Waals surface area contributed by atoms with Crippen molar-refractivity contribution in [1.29, 1.82) is 0 Å². The lowest BCUT2D eigenvalue weighted by Gasteiger charge is -1.90. The summed E-state index contributed by atoms with van der Waals surface area (Å²) in [5, 5.41) is 0. The molecule has 0 amide bonds. The molecule has 10 heavy (non-hydrogen) atoms. The highest BCUT2D eigenvalue weighted by atomic mass is 32.2. The molecule has 0 saturated heterocycles. The largest absolute Gasteiger partial charge is 0.349 e. The Hall–Kier alpha value is -0.680. The molecule has 2 N–H and O–H groups in total. The van der Waals surface area contributed by atoms with Gasteiger partial charge in [0.25, 0.3) is 0 Å². The molecule has 0 aliphatic heterocycles. The number of aromatic nitrogens is 2. The van der Waals surface area contributed by atoms with Gasteiger partial charge in [-0.05, 0) is 0 Å². The van der Waals surface area contributed by atoms with E-state index in [0.29, 0.717) is 6.42 Å². The average molecular weight is 160 g/mol. The quantitative estimate of drug-likeness (QED) is 0.619. The first-order valence-corrected chi connectivity index (χ1v) is 4.12. The fraction of sp³-hybridized carbons (Fsp3) is 0.400. The Morgan fingerprint density at radius 2 is 2.60 bits per heavy atom. The number of aryl methyl sites for hydroxylation is 1. The number of rotatable bonds is 3. The summed E-state index contributed by atoms with van der Waals surface area (Å²) in [6.45, 7) is 0. The van der Waals surface area contributed by atoms with Crippen LogP contribution >= 0.6 is 0 Å². The second-order valence-electron chi connectivity index (χ2n) is 1.81. The molecule has 5 heteroatoms. The zero-order chi connectivity index (χ0) is 7.40. The van der Waals surface area contributed by atoms with E-state index >= 15 is 0 Å². The van der Waals surface area contributed by atoms with Crippen LogP contribution in [0.4, 0.5) is 0 Å². The molecule has 1 heterocycles. The Kier molecular flexibility index (Phi) is 2.58. The molecule has 0 aromatic carbocycles. The molecule has 1 aromatic rings. The third-order valence-corrected chi connectivity index (χ3v) is 1.62. The van der Waals surface area contributed by atoms with Gasteiger partial charge in [-0.15, -0.1) is 0 Å². The van der Waals surface area contributed by atoms with Crippen LogP contribution in [0.15, 0.2) is 12.4 Å². The van der Waals surface area contributed by atoms with Gasteiger partial charge in [0, 0.05) is 18.8 Å². The summed E-state index contributed by atoms with van der Waals surface area (Å²) in [5.74, 6) is 0.996. The smallest absolute Gasteiger partial charge is 0.153 e. The lowest BCUT2D eigenvalue weighted by Crippen LogP contribution is -2.00. The molecule has 0 saturated carbocycles. The van der Waals surface area contributed by atoms with Crippen LogP contribution in [0.1, 0.15) is 5.82 Å². The predicted molar refractivity (Wildman–Crippen MR) is 37.9 cm³/mol. The van der Waals surface area contributed by atoms with Crippen molar-refractivity contribution in [2.45, 2.75) is 6.42 Å². The van der Waals surface area contributed by atoms with E-state index in [2.05, 4.69) is 9.97 Å². The van der Waals surface area contributed by atoms with Crippen LogP contribution in [-0.4, -0.2) is 24.5 Å². The van der Waals surface area contributed by atoms with E-state index in [1.165, 1.54) is 0 Å². The average Bonchev–Trinajstić information content (AvgIpc) is 2.34. The summed E-state index contributed by atoms with van der Waals surface area (Å²) < 4.78 is 18.5. The summed E-state index contributed by atoms with van der Waals surface area (Å²) in [4.78, 5) is 6.72. The molecule has 0 aliphatic rings. The zero-order valence-corrected chi connectivity index (χ0v) is 6.10. The molecule has 0 radical (unpaired) electrons. The summed E-state index contributed by atoms with van der Waals surface area (Å²) in [5.41, 5.74) is 0. The Morgan fingerprint density at radius 3 is 3.10 bits per heavy atom. The van der Waals surface area contributed by atoms with Gasteiger partial charge in [-0.1, -0.05) is 0 Å². The lowest BCUT2D eigenvalue weighted by molar-refractivity contribution is 0.563. The van der Waals surface area contributed by atoms with Crippen LogP contribution in [0.3, 0.4) is 0 Å². The van der Waals surface area contributed by atoms with Gasteiger partial charge < -0.3 is 9.54 Å². The van der Waals surface area contributed by atoms with Crippen LogP contribution in [-0.2, 0) is 17.5 Å². The molecular formula is C5H8N2O2S. The lowest BCUT2D eigenvalue weighted by atomic mass is 10.5. The number of hydrogen-bond acceptors (Lipinski definition) is 2. The van der Waals surface area contributed by atoms with Crippen molar-refractivity contribution in [3.8, 4) is 0 Å². The Morgan fingerprint density at radius 1 is 1.80 bits per heavy atom. The van der Waals surface area contributed by atoms with E-state index in [-0.39, 0.29) is 5.75 Å². The first-order valence-electron chi connectivity index (χ1n) is 2.85. The highest BCUT2D eigenvalue weighted by Gasteiger charge is 1.96. The van der Waals surface area contributed by atoms with E-state index < -0.39 is 11.1 Å². The summed E-state index contributed by atoms with van der Waals surface area (Å²) in [7, 11) is 0. The SMILES string of the molecule is O=S(O)CCc1ncc[nH]1. The van der Waals surface area contributed by atoms with Crippen molar-refractivity contribution >= 4 is 11.1 Å². The molecule has 0 spiro atoms. The number of imidazole rings is 1. The monoisotopic (exact) mass is 160 g/mol. The molecule has 56 valence electrons. The Balaban J connectivity index is 2.35. The minimum atomic E-state index is -1.71. The molecule has 1 aromatic heterocycles. The molecule has 0 aliphatic carbocycles. The normalized spacial score (nSPS) is 13.3. The third kappa shape index (κ3) is 2.28. The maximum Gasteiger partial charge on any atom is 0.153 e. The maximum absolute atomic E-state index is 10.2. The van der Waals surface area contributed by atoms with Gasteiger partial charge in [-0.3, -0.25) is 0 Å². The molecule has 1 atom stereocenters. The molecule has 1 unspecified atom stereocenters. The minimum absolute atomic E-state index is 0.244. The van der Waals surface area contributed by atoms with Crippen molar-refractivity contribution in [1.82, 2.24) is 9.97 Å². The molecule has 0 bridgehead atoms. The number of hydrogen-bond donors (Lipinski definition) is 2. The molecule has 0 fully saturated rings. The summed E-state index contributed by atoms with van der Waals surface area (Å²) in [6, 6.07) is 0. The van der Waals surface area contributed by atoms with Crippen molar-refractivity contribution < 1.29 is 8.76 Å². The standard InChI is InChI=1S/C5H8N2O2S/c8-10(9)4-1-5-6-2-3-7-5/h2-3H,1,4H2,(H,6,7)(H,8,9). The number of H-pyrrole nitrogens is 1. The van der Waals surface area contributed by atoms with Crippen LogP contribution in [0, 0.1) is 0 Å². The Labute approximate surface area is 61.0 Å². The van der Waals surface area contributed by atoms with Gasteiger partial charge in [-0.25, -0.2) is 9.19 Å². The molecule has 1 rings (SSSR count). The predicted octanol–water partition coefficient (Wildman–Crippen LogP) is 0.174. The van der Waals surface area contributed by atoms with E-state index in [1.54, 1.807) is 12.4 Å². The third-order valence-electron chi connectivity index (χ3n) is 1.07. The van der Waals surface area contributed by atoms with Crippen LogP contribution in [0.25, 0.3) is 0 Å². The van der Waals surface area contributed by atoms with E-state index in [4.69, 9.17) is 4.55 Å². The van der Waals surface area contributed by atoms with Crippen molar-refractivity contribution in [3.05, 3.63) is 18.2 Å². The number of nitrogens with zero attached hydrogens (tertiary/aromatic N) is 1. The molecule has 4 nitrogen and oxygen atoms in total. The summed E-state index contributed by atoms with van der Waals surface area (Å²) in [6.07, 6.45) is 3.83. The first-order chi connectivity index (χ1) is 4.79. The maximum atomic E-state index is 10.2. The zero-order valence-electron chi connectivity index (χ0n) is 5.28. The van der Waals surface area contributed by atoms with Gasteiger partial charge >= 0.3 is 0 Å². The Bertz CT molecular complexity index is 209. The van der Waals surface area contributed by atoms with Crippen molar-refractivity contribution in [2.75, 3.05) is 5.75 Å². The van der Waals surface area contributed by atoms with E-state index in [0.717, 1.165) is 5.82 Å². The second kappa shape index (κ2) is 3.48. The van der Waals surface area contributed by atoms with Crippen molar-refractivity contribution in [2.24, 2.45) is 0 Å². The highest BCUT2D eigenvalue weighted by molar-refractivity contribution is 7.79. The van der Waals surface area contributed by atoms with Gasteiger partial charge in [0.2, 0.25) is 0 Å². The fourth-order valence-electron chi connectivity index (χ4n) is 0.619. The van der Waals surface area contributed by atoms with Crippen LogP contribution in [0.2, 0.25) is 0 Å². The van der Waals surface area contributed by atoms with Gasteiger partial charge in [-0.2, -0.15) is 0 Å². The highest BCUT2D eigenvalue weighted by Crippen LogP contribution is 1.90. The first kappa shape index (κ1) is 7.43. The number of nitrogens with one attached hydrogen (secondary N) is 1. The second-order valence-corrected chi connectivity index (χ2v) is 2.86. The van der Waals surface area contributed by atoms with E-state index in [9.17, 15) is 4.21 Å². The summed E-state index contributed by atoms with van der Waals surface area (Å²) >= 11 is -1.71. The van der Waals surface area contributed by atoms with Gasteiger partial charge in [0.15, 0.2) is 11.1 Å². The minimum Gasteiger partial charge on any atom is -0.349 e. The van der Waals surface area contributed by atoms with E-state index in [1.807, 2.05) is 0 Å². The van der Waals surface area contributed by atoms with Crippen LogP contribution in [0.5, 0.6) is 0 Å². The van der Waals surface area contributed by atoms with Gasteiger partial charge in [0.05, 0.1) is 5.75 Å². The van der Waals surface area contributed by atoms with Crippen LogP contribution < -0.4 is 0 Å². The fourth-order valence-corrected chi connectivity index (χ4v) is 0.987. The van der Waals surface area contributed by atoms with Gasteiger partial charge in [0.1, 0.15) is 5.82 Å².